The summed E-state index contributed by atoms with van der Waals surface area (Å²) in [5, 5.41) is 12.6. The van der Waals surface area contributed by atoms with E-state index in [1.807, 2.05) is 11.3 Å². The lowest BCUT2D eigenvalue weighted by Gasteiger charge is -2.28. The molecule has 13 aromatic rings. The van der Waals surface area contributed by atoms with Gasteiger partial charge in [-0.2, -0.15) is 0 Å². The maximum absolute atomic E-state index is 5.62. The molecule has 0 spiro atoms. The number of rotatable bonds is 5. The Balaban J connectivity index is 0.888. The quantitative estimate of drug-likeness (QED) is 0.161. The summed E-state index contributed by atoms with van der Waals surface area (Å²) >= 11 is 1.83. The summed E-state index contributed by atoms with van der Waals surface area (Å²) in [6.07, 6.45) is 9.09. The van der Waals surface area contributed by atoms with Gasteiger partial charge in [-0.15, -0.1) is 11.3 Å². The number of thiophene rings is 1. The number of anilines is 2. The summed E-state index contributed by atoms with van der Waals surface area (Å²) < 4.78 is 4.83. The lowest BCUT2D eigenvalue weighted by atomic mass is 9.91. The number of fused-ring (bicyclic) bond motifs is 15. The van der Waals surface area contributed by atoms with Gasteiger partial charge in [0.15, 0.2) is 0 Å². The molecule has 4 heteroatoms. The van der Waals surface area contributed by atoms with Crippen molar-refractivity contribution in [2.45, 2.75) is 12.0 Å². The molecular weight excluding hydrogens is 855 g/mol. The van der Waals surface area contributed by atoms with Gasteiger partial charge in [0.1, 0.15) is 5.82 Å². The fraction of sp³-hybridized carbons (Fsp3) is 0.0308. The number of hydrogen-bond acceptors (Lipinski definition) is 3. The molecular formula is C65H41N3S. The number of allylic oxidation sites excluding steroid dienone is 2. The van der Waals surface area contributed by atoms with E-state index < -0.39 is 0 Å². The highest BCUT2D eigenvalue weighted by atomic mass is 32.1. The van der Waals surface area contributed by atoms with Crippen molar-refractivity contribution in [3.05, 3.63) is 242 Å². The topological polar surface area (TPSA) is 21.1 Å². The smallest absolute Gasteiger partial charge is 0.139 e. The van der Waals surface area contributed by atoms with Crippen LogP contribution < -0.4 is 4.90 Å². The Labute approximate surface area is 402 Å². The zero-order valence-corrected chi connectivity index (χ0v) is 38.2. The fourth-order valence-electron chi connectivity index (χ4n) is 11.8. The Morgan fingerprint density at radius 3 is 1.80 bits per heavy atom. The molecule has 3 aromatic heterocycles. The normalized spacial score (nSPS) is 15.4. The largest absolute Gasteiger partial charge is 0.333 e. The number of nitrogens with zero attached hydrogens (tertiary/aromatic N) is 3. The number of para-hydroxylation sites is 2. The van der Waals surface area contributed by atoms with Crippen LogP contribution in [-0.2, 0) is 0 Å². The summed E-state index contributed by atoms with van der Waals surface area (Å²) in [5.74, 6) is 1.24. The maximum Gasteiger partial charge on any atom is 0.139 e. The van der Waals surface area contributed by atoms with E-state index in [1.165, 1.54) is 102 Å². The summed E-state index contributed by atoms with van der Waals surface area (Å²) in [5.41, 5.74) is 13.1. The van der Waals surface area contributed by atoms with Crippen molar-refractivity contribution in [1.29, 1.82) is 0 Å². The van der Waals surface area contributed by atoms with Gasteiger partial charge in [0.2, 0.25) is 0 Å². The molecule has 10 aromatic carbocycles. The van der Waals surface area contributed by atoms with Crippen molar-refractivity contribution in [2.24, 2.45) is 0 Å². The molecule has 0 radical (unpaired) electrons. The van der Waals surface area contributed by atoms with Crippen LogP contribution in [0, 0.1) is 0 Å². The minimum absolute atomic E-state index is 0.232. The van der Waals surface area contributed by atoms with Gasteiger partial charge in [-0.05, 0) is 121 Å². The Bertz CT molecular complexity index is 4310. The van der Waals surface area contributed by atoms with Crippen molar-refractivity contribution in [2.75, 3.05) is 4.90 Å². The van der Waals surface area contributed by atoms with E-state index in [-0.39, 0.29) is 6.04 Å². The Kier molecular flexibility index (Phi) is 8.36. The lowest BCUT2D eigenvalue weighted by molar-refractivity contribution is 0.745. The van der Waals surface area contributed by atoms with Crippen molar-refractivity contribution < 1.29 is 0 Å². The standard InChI is InChI=1S/C65H41N3S/c1-2-15-40(16-3-1)64-65-57(39-63(66-64)68-60-28-13-10-25-53(60)55-38-45(31-33-61(55)68)67-58-26-11-8-23-51(58)52-24-9-12-27-59(52)67)56-37-44(30-34-62(56)69-65)42-18-14-17-41(35-42)43-29-32-50-48-21-5-4-19-46(48)47-20-6-7-22-49(47)54(50)36-43/h1-39,51,58H. The molecule has 0 fully saturated rings. The van der Waals surface area contributed by atoms with Gasteiger partial charge in [-0.3, -0.25) is 4.57 Å². The zero-order chi connectivity index (χ0) is 45.2. The van der Waals surface area contributed by atoms with Crippen LogP contribution in [0.25, 0.3) is 114 Å². The molecule has 1 aliphatic heterocycles. The zero-order valence-electron chi connectivity index (χ0n) is 37.4. The number of pyridine rings is 1. The number of benzene rings is 10. The predicted octanol–water partition coefficient (Wildman–Crippen LogP) is 17.7. The minimum atomic E-state index is 0.232. The van der Waals surface area contributed by atoms with Gasteiger partial charge in [-0.1, -0.05) is 176 Å². The molecule has 0 saturated carbocycles. The number of aromatic nitrogens is 2. The van der Waals surface area contributed by atoms with E-state index in [0.717, 1.165) is 28.1 Å². The first-order chi connectivity index (χ1) is 34.2. The van der Waals surface area contributed by atoms with Gasteiger partial charge in [-0.25, -0.2) is 4.98 Å². The third kappa shape index (κ3) is 5.83. The van der Waals surface area contributed by atoms with Gasteiger partial charge in [0.25, 0.3) is 0 Å². The molecule has 4 heterocycles. The molecule has 3 nitrogen and oxygen atoms in total. The first kappa shape index (κ1) is 38.5. The second-order valence-electron chi connectivity index (χ2n) is 18.6. The minimum Gasteiger partial charge on any atom is -0.333 e. The van der Waals surface area contributed by atoms with Gasteiger partial charge in [0, 0.05) is 49.1 Å². The summed E-state index contributed by atoms with van der Waals surface area (Å²) in [7, 11) is 0. The molecule has 2 unspecified atom stereocenters. The average Bonchev–Trinajstić information content (AvgIpc) is 4.08. The van der Waals surface area contributed by atoms with Crippen molar-refractivity contribution in [1.82, 2.24) is 9.55 Å². The van der Waals surface area contributed by atoms with Crippen molar-refractivity contribution in [3.8, 4) is 39.3 Å². The van der Waals surface area contributed by atoms with Crippen LogP contribution in [0.5, 0.6) is 0 Å². The number of hydrogen-bond donors (Lipinski definition) is 0. The average molecular weight is 896 g/mol. The fourth-order valence-corrected chi connectivity index (χ4v) is 12.9. The van der Waals surface area contributed by atoms with E-state index in [9.17, 15) is 0 Å². The van der Waals surface area contributed by atoms with E-state index >= 15 is 0 Å². The summed E-state index contributed by atoms with van der Waals surface area (Å²) in [6.45, 7) is 0. The third-order valence-corrected chi connectivity index (χ3v) is 16.1. The molecule has 2 aliphatic rings. The predicted molar refractivity (Wildman–Crippen MR) is 294 cm³/mol. The highest BCUT2D eigenvalue weighted by molar-refractivity contribution is 7.26. The first-order valence-electron chi connectivity index (χ1n) is 23.9. The van der Waals surface area contributed by atoms with Gasteiger partial charge >= 0.3 is 0 Å². The Morgan fingerprint density at radius 1 is 0.391 bits per heavy atom. The molecule has 0 amide bonds. The van der Waals surface area contributed by atoms with E-state index in [2.05, 4.69) is 246 Å². The van der Waals surface area contributed by atoms with Crippen LogP contribution in [0.1, 0.15) is 11.5 Å². The molecule has 2 atom stereocenters. The molecule has 15 rings (SSSR count). The SMILES string of the molecule is C1=CC2c3ccccc3N(c3ccc4c(c3)c3ccccc3n4-c3cc4c(sc5ccc(-c6cccc(-c7ccc8c9ccccc9c9ccccc9c8c7)c6)cc54)c(-c4ccccc4)n3)C2C=C1. The first-order valence-corrected chi connectivity index (χ1v) is 24.7. The van der Waals surface area contributed by atoms with Crippen molar-refractivity contribution in [3.63, 3.8) is 0 Å². The maximum atomic E-state index is 5.62. The highest BCUT2D eigenvalue weighted by Gasteiger charge is 2.37. The van der Waals surface area contributed by atoms with Crippen LogP contribution in [0.3, 0.4) is 0 Å². The summed E-state index contributed by atoms with van der Waals surface area (Å²) in [4.78, 5) is 8.15. The molecule has 0 saturated heterocycles. The lowest BCUT2D eigenvalue weighted by Crippen LogP contribution is -2.28. The van der Waals surface area contributed by atoms with Crippen LogP contribution in [0.15, 0.2) is 237 Å². The Morgan fingerprint density at radius 2 is 1.00 bits per heavy atom. The van der Waals surface area contributed by atoms with Crippen LogP contribution in [0.4, 0.5) is 11.4 Å². The van der Waals surface area contributed by atoms with E-state index in [0.29, 0.717) is 5.92 Å². The second kappa shape index (κ2) is 15.0. The molecule has 69 heavy (non-hydrogen) atoms. The van der Waals surface area contributed by atoms with Crippen molar-refractivity contribution >= 4 is 97.0 Å². The molecule has 1 aliphatic carbocycles. The third-order valence-electron chi connectivity index (χ3n) is 14.9. The summed E-state index contributed by atoms with van der Waals surface area (Å²) in [6, 6.07) is 78.7. The van der Waals surface area contributed by atoms with Gasteiger partial charge in [0.05, 0.1) is 27.5 Å². The molecule has 322 valence electrons. The van der Waals surface area contributed by atoms with Crippen LogP contribution in [0.2, 0.25) is 0 Å². The second-order valence-corrected chi connectivity index (χ2v) is 19.6. The van der Waals surface area contributed by atoms with E-state index in [1.54, 1.807) is 0 Å². The van der Waals surface area contributed by atoms with Crippen LogP contribution in [-0.4, -0.2) is 15.6 Å². The molecule has 0 N–H and O–H groups in total. The van der Waals surface area contributed by atoms with Gasteiger partial charge < -0.3 is 4.90 Å². The Hall–Kier alpha value is -8.57. The molecule has 0 bridgehead atoms. The van der Waals surface area contributed by atoms with E-state index in [4.69, 9.17) is 4.98 Å². The highest BCUT2D eigenvalue weighted by Crippen LogP contribution is 2.49. The monoisotopic (exact) mass is 895 g/mol. The van der Waals surface area contributed by atoms with Crippen LogP contribution >= 0.6 is 11.3 Å².